The van der Waals surface area contributed by atoms with E-state index >= 15 is 0 Å². The molecule has 3 rings (SSSR count). The van der Waals surface area contributed by atoms with Crippen molar-refractivity contribution >= 4 is 11.8 Å². The van der Waals surface area contributed by atoms with Crippen molar-refractivity contribution in [3.05, 3.63) is 29.8 Å². The number of benzene rings is 1. The highest BCUT2D eigenvalue weighted by Gasteiger charge is 2.45. The van der Waals surface area contributed by atoms with E-state index in [9.17, 15) is 14.0 Å². The Bertz CT molecular complexity index is 674. The molecule has 1 spiro atoms. The SMILES string of the molecule is COc1cccc(CN2CC3(CCN(C(=O)[C@@H](N)CF)CC3)CC2=O)c1. The molecule has 0 saturated carbocycles. The number of piperidine rings is 1. The molecular weight excluding hydrogens is 337 g/mol. The van der Waals surface area contributed by atoms with Crippen molar-refractivity contribution in [3.63, 3.8) is 0 Å². The highest BCUT2D eigenvalue weighted by Crippen LogP contribution is 2.41. The van der Waals surface area contributed by atoms with Crippen molar-refractivity contribution in [1.82, 2.24) is 9.80 Å². The van der Waals surface area contributed by atoms with Gasteiger partial charge in [0, 0.05) is 38.0 Å². The van der Waals surface area contributed by atoms with Gasteiger partial charge >= 0.3 is 0 Å². The standard InChI is InChI=1S/C19H26FN3O3/c1-26-15-4-2-3-14(9-15)12-23-13-19(10-17(23)24)5-7-22(8-6-19)18(25)16(21)11-20/h2-4,9,16H,5-8,10-13,21H2,1H3/t16-/m0/s1. The number of methoxy groups -OCH3 is 1. The van der Waals surface area contributed by atoms with E-state index in [4.69, 9.17) is 10.5 Å². The van der Waals surface area contributed by atoms with Gasteiger partial charge in [0.25, 0.3) is 0 Å². The van der Waals surface area contributed by atoms with Gasteiger partial charge < -0.3 is 20.3 Å². The molecule has 2 amide bonds. The second-order valence-electron chi connectivity index (χ2n) is 7.36. The van der Waals surface area contributed by atoms with Crippen LogP contribution in [0.15, 0.2) is 24.3 Å². The first-order valence-electron chi connectivity index (χ1n) is 8.97. The number of carbonyl (C=O) groups excluding carboxylic acids is 2. The Kier molecular flexibility index (Phi) is 5.46. The van der Waals surface area contributed by atoms with Crippen molar-refractivity contribution in [2.75, 3.05) is 33.4 Å². The number of carbonyl (C=O) groups is 2. The Labute approximate surface area is 153 Å². The van der Waals surface area contributed by atoms with E-state index in [2.05, 4.69) is 0 Å². The average Bonchev–Trinajstić information content (AvgIpc) is 2.96. The van der Waals surface area contributed by atoms with Crippen LogP contribution in [0.4, 0.5) is 4.39 Å². The van der Waals surface area contributed by atoms with Gasteiger partial charge in [0.2, 0.25) is 11.8 Å². The minimum atomic E-state index is -1.07. The topological polar surface area (TPSA) is 75.9 Å². The molecule has 2 aliphatic heterocycles. The van der Waals surface area contributed by atoms with Crippen LogP contribution in [0.2, 0.25) is 0 Å². The van der Waals surface area contributed by atoms with E-state index in [0.29, 0.717) is 32.6 Å². The third-order valence-corrected chi connectivity index (χ3v) is 5.53. The van der Waals surface area contributed by atoms with Gasteiger partial charge in [-0.25, -0.2) is 4.39 Å². The maximum Gasteiger partial charge on any atom is 0.242 e. The molecule has 2 heterocycles. The highest BCUT2D eigenvalue weighted by molar-refractivity contribution is 5.82. The number of hydrogen-bond donors (Lipinski definition) is 1. The summed E-state index contributed by atoms with van der Waals surface area (Å²) in [5.41, 5.74) is 6.45. The van der Waals surface area contributed by atoms with Crippen LogP contribution in [0.1, 0.15) is 24.8 Å². The van der Waals surface area contributed by atoms with Gasteiger partial charge in [-0.05, 0) is 30.5 Å². The van der Waals surface area contributed by atoms with Crippen LogP contribution in [0.3, 0.4) is 0 Å². The van der Waals surface area contributed by atoms with Crippen molar-refractivity contribution in [3.8, 4) is 5.75 Å². The van der Waals surface area contributed by atoms with Crippen LogP contribution >= 0.6 is 0 Å². The molecular formula is C19H26FN3O3. The average molecular weight is 363 g/mol. The van der Waals surface area contributed by atoms with Crippen LogP contribution in [0, 0.1) is 5.41 Å². The summed E-state index contributed by atoms with van der Waals surface area (Å²) in [7, 11) is 1.62. The molecule has 2 aliphatic rings. The minimum Gasteiger partial charge on any atom is -0.497 e. The number of likely N-dealkylation sites (tertiary alicyclic amines) is 2. The maximum absolute atomic E-state index is 12.6. The van der Waals surface area contributed by atoms with E-state index in [1.54, 1.807) is 12.0 Å². The fourth-order valence-electron chi connectivity index (χ4n) is 3.95. The van der Waals surface area contributed by atoms with Gasteiger partial charge in [0.15, 0.2) is 0 Å². The number of hydrogen-bond acceptors (Lipinski definition) is 4. The fraction of sp³-hybridized carbons (Fsp3) is 0.579. The number of rotatable bonds is 5. The highest BCUT2D eigenvalue weighted by atomic mass is 19.1. The first kappa shape index (κ1) is 18.6. The molecule has 6 nitrogen and oxygen atoms in total. The number of nitrogens with zero attached hydrogens (tertiary/aromatic N) is 2. The zero-order valence-corrected chi connectivity index (χ0v) is 15.1. The molecule has 142 valence electrons. The van der Waals surface area contributed by atoms with Crippen LogP contribution in [-0.2, 0) is 16.1 Å². The number of ether oxygens (including phenoxy) is 1. The smallest absolute Gasteiger partial charge is 0.242 e. The molecule has 0 unspecified atom stereocenters. The van der Waals surface area contributed by atoms with Gasteiger partial charge in [-0.3, -0.25) is 9.59 Å². The van der Waals surface area contributed by atoms with Crippen molar-refractivity contribution < 1.29 is 18.7 Å². The Morgan fingerprint density at radius 1 is 1.38 bits per heavy atom. The van der Waals surface area contributed by atoms with Crippen LogP contribution in [-0.4, -0.2) is 61.1 Å². The lowest BCUT2D eigenvalue weighted by molar-refractivity contribution is -0.135. The zero-order valence-electron chi connectivity index (χ0n) is 15.1. The Morgan fingerprint density at radius 2 is 2.12 bits per heavy atom. The van der Waals surface area contributed by atoms with E-state index in [1.807, 2.05) is 29.2 Å². The summed E-state index contributed by atoms with van der Waals surface area (Å²) in [6.45, 7) is 1.49. The predicted molar refractivity (Wildman–Crippen MR) is 95.2 cm³/mol. The third-order valence-electron chi connectivity index (χ3n) is 5.53. The molecule has 1 atom stereocenters. The number of amides is 2. The summed E-state index contributed by atoms with van der Waals surface area (Å²) in [6, 6.07) is 6.66. The van der Waals surface area contributed by atoms with Gasteiger partial charge in [-0.1, -0.05) is 12.1 Å². The largest absolute Gasteiger partial charge is 0.497 e. The maximum atomic E-state index is 12.6. The second-order valence-corrected chi connectivity index (χ2v) is 7.36. The molecule has 0 radical (unpaired) electrons. The predicted octanol–water partition coefficient (Wildman–Crippen LogP) is 1.33. The Hall–Kier alpha value is -2.15. The van der Waals surface area contributed by atoms with Gasteiger partial charge in [0.1, 0.15) is 18.5 Å². The Balaban J connectivity index is 1.60. The summed E-state index contributed by atoms with van der Waals surface area (Å²) in [6.07, 6.45) is 2.00. The second kappa shape index (κ2) is 7.61. The van der Waals surface area contributed by atoms with E-state index in [1.165, 1.54) is 0 Å². The van der Waals surface area contributed by atoms with Crippen LogP contribution < -0.4 is 10.5 Å². The molecule has 2 fully saturated rings. The molecule has 0 bridgehead atoms. The van der Waals surface area contributed by atoms with Gasteiger partial charge in [0.05, 0.1) is 7.11 Å². The molecule has 1 aromatic rings. The summed E-state index contributed by atoms with van der Waals surface area (Å²) in [5.74, 6) is 0.591. The fourth-order valence-corrected chi connectivity index (χ4v) is 3.95. The number of halogens is 1. The van der Waals surface area contributed by atoms with Crippen LogP contribution in [0.25, 0.3) is 0 Å². The first-order chi connectivity index (χ1) is 12.5. The van der Waals surface area contributed by atoms with Gasteiger partial charge in [-0.15, -0.1) is 0 Å². The lowest BCUT2D eigenvalue weighted by Gasteiger charge is -2.39. The van der Waals surface area contributed by atoms with Gasteiger partial charge in [-0.2, -0.15) is 0 Å². The molecule has 26 heavy (non-hydrogen) atoms. The molecule has 7 heteroatoms. The van der Waals surface area contributed by atoms with Crippen molar-refractivity contribution in [1.29, 1.82) is 0 Å². The molecule has 0 aliphatic carbocycles. The van der Waals surface area contributed by atoms with E-state index in [-0.39, 0.29) is 17.2 Å². The lowest BCUT2D eigenvalue weighted by Crippen LogP contribution is -2.50. The first-order valence-corrected chi connectivity index (χ1v) is 8.97. The molecule has 2 saturated heterocycles. The Morgan fingerprint density at radius 3 is 2.77 bits per heavy atom. The van der Waals surface area contributed by atoms with Crippen molar-refractivity contribution in [2.45, 2.75) is 31.8 Å². The third kappa shape index (κ3) is 3.82. The molecule has 2 N–H and O–H groups in total. The van der Waals surface area contributed by atoms with E-state index < -0.39 is 12.7 Å². The summed E-state index contributed by atoms with van der Waals surface area (Å²) in [5, 5.41) is 0. The monoisotopic (exact) mass is 363 g/mol. The summed E-state index contributed by atoms with van der Waals surface area (Å²) in [4.78, 5) is 28.1. The van der Waals surface area contributed by atoms with Crippen LogP contribution in [0.5, 0.6) is 5.75 Å². The molecule has 0 aromatic heterocycles. The van der Waals surface area contributed by atoms with E-state index in [0.717, 1.165) is 24.2 Å². The number of nitrogens with two attached hydrogens (primary N) is 1. The van der Waals surface area contributed by atoms with Crippen molar-refractivity contribution in [2.24, 2.45) is 11.1 Å². The molecule has 1 aromatic carbocycles. The quantitative estimate of drug-likeness (QED) is 0.856. The lowest BCUT2D eigenvalue weighted by atomic mass is 9.77. The summed E-state index contributed by atoms with van der Waals surface area (Å²) < 4.78 is 17.9. The summed E-state index contributed by atoms with van der Waals surface area (Å²) >= 11 is 0. The number of alkyl halides is 1. The normalized spacial score (nSPS) is 20.5. The zero-order chi connectivity index (χ0) is 18.7. The minimum absolute atomic E-state index is 0.0907.